The molecule has 1 amide bonds. The third-order valence-electron chi connectivity index (χ3n) is 2.71. The molecule has 72 valence electrons. The normalized spacial score (nSPS) is 37.1. The van der Waals surface area contributed by atoms with E-state index in [4.69, 9.17) is 0 Å². The van der Waals surface area contributed by atoms with Crippen molar-refractivity contribution in [3.05, 3.63) is 0 Å². The van der Waals surface area contributed by atoms with E-state index in [0.29, 0.717) is 0 Å². The summed E-state index contributed by atoms with van der Waals surface area (Å²) in [5.41, 5.74) is -1.24. The Labute approximate surface area is 73.5 Å². The van der Waals surface area contributed by atoms with E-state index in [0.717, 1.165) is 0 Å². The Morgan fingerprint density at radius 1 is 1.23 bits per heavy atom. The van der Waals surface area contributed by atoms with E-state index in [2.05, 4.69) is 5.32 Å². The number of Topliss-reactive ketones (excluding diaryl/α,β-unsaturated/α-hetero) is 1. The first-order valence-electron chi connectivity index (χ1n) is 4.16. The number of alkyl halides is 2. The molecule has 2 rings (SSSR count). The molecule has 2 fully saturated rings. The summed E-state index contributed by atoms with van der Waals surface area (Å²) in [5.74, 6) is -3.61. The van der Waals surface area contributed by atoms with Crippen LogP contribution in [-0.4, -0.2) is 23.2 Å². The highest BCUT2D eigenvalue weighted by Gasteiger charge is 2.57. The zero-order valence-corrected chi connectivity index (χ0v) is 6.90. The molecule has 1 atom stereocenters. The van der Waals surface area contributed by atoms with Crippen LogP contribution in [-0.2, 0) is 9.59 Å². The fourth-order valence-corrected chi connectivity index (χ4v) is 2.06. The number of rotatable bonds is 0. The molecule has 1 saturated carbocycles. The summed E-state index contributed by atoms with van der Waals surface area (Å²) >= 11 is 0. The van der Waals surface area contributed by atoms with Crippen LogP contribution < -0.4 is 5.32 Å². The Morgan fingerprint density at radius 3 is 2.31 bits per heavy atom. The monoisotopic (exact) mass is 189 g/mol. The Morgan fingerprint density at radius 2 is 1.92 bits per heavy atom. The predicted octanol–water partition coefficient (Wildman–Crippen LogP) is 0.633. The van der Waals surface area contributed by atoms with Crippen molar-refractivity contribution < 1.29 is 18.4 Å². The van der Waals surface area contributed by atoms with Crippen LogP contribution in [0.4, 0.5) is 8.78 Å². The molecule has 1 saturated heterocycles. The number of hydrogen-bond acceptors (Lipinski definition) is 2. The average molecular weight is 189 g/mol. The highest BCUT2D eigenvalue weighted by atomic mass is 19.3. The number of hydrogen-bond donors (Lipinski definition) is 1. The summed E-state index contributed by atoms with van der Waals surface area (Å²) in [7, 11) is 0. The van der Waals surface area contributed by atoms with E-state index < -0.39 is 23.8 Å². The number of ketones is 1. The van der Waals surface area contributed by atoms with Crippen LogP contribution in [0.15, 0.2) is 0 Å². The minimum atomic E-state index is -2.80. The highest BCUT2D eigenvalue weighted by Crippen LogP contribution is 2.44. The van der Waals surface area contributed by atoms with Gasteiger partial charge in [0.1, 0.15) is 5.54 Å². The van der Waals surface area contributed by atoms with Crippen molar-refractivity contribution >= 4 is 11.7 Å². The molecule has 0 radical (unpaired) electrons. The van der Waals surface area contributed by atoms with Gasteiger partial charge in [0.15, 0.2) is 5.78 Å². The van der Waals surface area contributed by atoms with Gasteiger partial charge in [0.25, 0.3) is 5.92 Å². The first kappa shape index (κ1) is 8.59. The third kappa shape index (κ3) is 1.22. The lowest BCUT2D eigenvalue weighted by atomic mass is 9.94. The lowest BCUT2D eigenvalue weighted by Gasteiger charge is -2.20. The maximum Gasteiger partial charge on any atom is 0.250 e. The fourth-order valence-electron chi connectivity index (χ4n) is 2.06. The van der Waals surface area contributed by atoms with E-state index in [-0.39, 0.29) is 25.0 Å². The average Bonchev–Trinajstić information content (AvgIpc) is 2.38. The van der Waals surface area contributed by atoms with E-state index >= 15 is 0 Å². The Bertz CT molecular complexity index is 290. The van der Waals surface area contributed by atoms with Crippen LogP contribution in [0.1, 0.15) is 25.7 Å². The molecule has 0 aromatic rings. The Balaban J connectivity index is 2.24. The predicted molar refractivity (Wildman–Crippen MR) is 39.3 cm³/mol. The second kappa shape index (κ2) is 2.27. The SMILES string of the molecule is O=C1CC(=O)C2(CCC(F)(F)C2)N1. The van der Waals surface area contributed by atoms with E-state index in [1.165, 1.54) is 0 Å². The van der Waals surface area contributed by atoms with E-state index in [9.17, 15) is 18.4 Å². The quantitative estimate of drug-likeness (QED) is 0.568. The molecule has 5 heteroatoms. The van der Waals surface area contributed by atoms with Crippen LogP contribution in [0.3, 0.4) is 0 Å². The van der Waals surface area contributed by atoms with Gasteiger partial charge in [0.2, 0.25) is 5.91 Å². The second-order valence-electron chi connectivity index (χ2n) is 3.76. The third-order valence-corrected chi connectivity index (χ3v) is 2.71. The topological polar surface area (TPSA) is 46.2 Å². The molecule has 1 N–H and O–H groups in total. The summed E-state index contributed by atoms with van der Waals surface area (Å²) < 4.78 is 25.7. The smallest absolute Gasteiger partial charge is 0.250 e. The van der Waals surface area contributed by atoms with Gasteiger partial charge in [-0.1, -0.05) is 0 Å². The lowest BCUT2D eigenvalue weighted by Crippen LogP contribution is -2.44. The maximum atomic E-state index is 12.8. The lowest BCUT2D eigenvalue weighted by molar-refractivity contribution is -0.123. The van der Waals surface area contributed by atoms with Gasteiger partial charge in [0, 0.05) is 12.8 Å². The van der Waals surface area contributed by atoms with E-state index in [1.807, 2.05) is 0 Å². The minimum Gasteiger partial charge on any atom is -0.343 e. The molecule has 3 nitrogen and oxygen atoms in total. The van der Waals surface area contributed by atoms with Gasteiger partial charge in [-0.15, -0.1) is 0 Å². The standard InChI is InChI=1S/C8H9F2NO2/c9-8(10)2-1-7(4-8)5(12)3-6(13)11-7/h1-4H2,(H,11,13). The Hall–Kier alpha value is -1.00. The summed E-state index contributed by atoms with van der Waals surface area (Å²) in [4.78, 5) is 22.1. The number of nitrogens with one attached hydrogen (secondary N) is 1. The number of carbonyl (C=O) groups is 2. The van der Waals surface area contributed by atoms with Crippen LogP contribution in [0.2, 0.25) is 0 Å². The van der Waals surface area contributed by atoms with Gasteiger partial charge in [-0.05, 0) is 6.42 Å². The number of halogens is 2. The number of carbonyl (C=O) groups excluding carboxylic acids is 2. The molecule has 1 unspecified atom stereocenters. The molecular weight excluding hydrogens is 180 g/mol. The minimum absolute atomic E-state index is 0.0740. The van der Waals surface area contributed by atoms with Crippen LogP contribution in [0, 0.1) is 0 Å². The molecule has 1 heterocycles. The maximum absolute atomic E-state index is 12.8. The molecular formula is C8H9F2NO2. The van der Waals surface area contributed by atoms with Crippen LogP contribution >= 0.6 is 0 Å². The Kier molecular flexibility index (Phi) is 1.50. The molecule has 1 aliphatic heterocycles. The van der Waals surface area contributed by atoms with E-state index in [1.54, 1.807) is 0 Å². The first-order chi connectivity index (χ1) is 5.94. The zero-order chi connectivity index (χ0) is 9.69. The molecule has 2 aliphatic rings. The molecule has 13 heavy (non-hydrogen) atoms. The van der Waals surface area contributed by atoms with Gasteiger partial charge < -0.3 is 5.32 Å². The van der Waals surface area contributed by atoms with Crippen molar-refractivity contribution in [3.8, 4) is 0 Å². The first-order valence-corrected chi connectivity index (χ1v) is 4.16. The zero-order valence-electron chi connectivity index (χ0n) is 6.90. The van der Waals surface area contributed by atoms with Crippen molar-refractivity contribution in [2.45, 2.75) is 37.1 Å². The molecule has 0 aromatic carbocycles. The summed E-state index contributed by atoms with van der Waals surface area (Å²) in [5, 5.41) is 2.37. The summed E-state index contributed by atoms with van der Waals surface area (Å²) in [6, 6.07) is 0. The van der Waals surface area contributed by atoms with Gasteiger partial charge in [-0.3, -0.25) is 9.59 Å². The van der Waals surface area contributed by atoms with Crippen molar-refractivity contribution in [1.82, 2.24) is 5.32 Å². The van der Waals surface area contributed by atoms with Gasteiger partial charge in [-0.25, -0.2) is 8.78 Å². The van der Waals surface area contributed by atoms with Gasteiger partial charge >= 0.3 is 0 Å². The van der Waals surface area contributed by atoms with Gasteiger partial charge in [0.05, 0.1) is 6.42 Å². The molecule has 0 aromatic heterocycles. The summed E-state index contributed by atoms with van der Waals surface area (Å²) in [6.45, 7) is 0. The fraction of sp³-hybridized carbons (Fsp3) is 0.750. The van der Waals surface area contributed by atoms with Crippen LogP contribution in [0.5, 0.6) is 0 Å². The number of amides is 1. The second-order valence-corrected chi connectivity index (χ2v) is 3.76. The molecule has 1 aliphatic carbocycles. The van der Waals surface area contributed by atoms with Crippen LogP contribution in [0.25, 0.3) is 0 Å². The molecule has 0 bridgehead atoms. The van der Waals surface area contributed by atoms with Gasteiger partial charge in [-0.2, -0.15) is 0 Å². The highest BCUT2D eigenvalue weighted by molar-refractivity contribution is 6.10. The largest absolute Gasteiger partial charge is 0.343 e. The van der Waals surface area contributed by atoms with Crippen molar-refractivity contribution in [2.75, 3.05) is 0 Å². The summed E-state index contributed by atoms with van der Waals surface area (Å²) in [6.07, 6.45) is -0.996. The van der Waals surface area contributed by atoms with Crippen molar-refractivity contribution in [3.63, 3.8) is 0 Å². The molecule has 1 spiro atoms. The van der Waals surface area contributed by atoms with Crippen molar-refractivity contribution in [1.29, 1.82) is 0 Å². The van der Waals surface area contributed by atoms with Crippen molar-refractivity contribution in [2.24, 2.45) is 0 Å².